The van der Waals surface area contributed by atoms with Gasteiger partial charge in [-0.2, -0.15) is 0 Å². The number of ether oxygens (including phenoxy) is 2. The highest BCUT2D eigenvalue weighted by atomic mass is 35.5. The lowest BCUT2D eigenvalue weighted by molar-refractivity contribution is 0.308. The molecule has 0 amide bonds. The van der Waals surface area contributed by atoms with Gasteiger partial charge in [0.05, 0.1) is 24.2 Å². The fraction of sp³-hybridized carbons (Fsp3) is 0.480. The van der Waals surface area contributed by atoms with Crippen LogP contribution in [0.1, 0.15) is 39.5 Å². The van der Waals surface area contributed by atoms with Crippen molar-refractivity contribution in [2.24, 2.45) is 0 Å². The van der Waals surface area contributed by atoms with Gasteiger partial charge >= 0.3 is 0 Å². The van der Waals surface area contributed by atoms with E-state index in [0.717, 1.165) is 85.2 Å². The van der Waals surface area contributed by atoms with Crippen LogP contribution in [-0.2, 0) is 0 Å². The Morgan fingerprint density at radius 1 is 0.688 bits per heavy atom. The molecule has 3 rings (SSSR count). The fourth-order valence-corrected chi connectivity index (χ4v) is 3.34. The van der Waals surface area contributed by atoms with Gasteiger partial charge in [-0.1, -0.05) is 13.8 Å². The number of nitrogens with zero attached hydrogens (tertiary/aromatic N) is 1. The van der Waals surface area contributed by atoms with Crippen molar-refractivity contribution in [2.75, 3.05) is 39.4 Å². The van der Waals surface area contributed by atoms with Crippen molar-refractivity contribution >= 4 is 34.2 Å². The molecule has 2 aromatic carbocycles. The van der Waals surface area contributed by atoms with Gasteiger partial charge in [-0.15, -0.1) is 12.4 Å². The van der Waals surface area contributed by atoms with Crippen LogP contribution in [0, 0.1) is 0 Å². The summed E-state index contributed by atoms with van der Waals surface area (Å²) in [5, 5.41) is 9.03. The summed E-state index contributed by atoms with van der Waals surface area (Å²) in [6.45, 7) is 9.88. The Morgan fingerprint density at radius 2 is 1.16 bits per heavy atom. The van der Waals surface area contributed by atoms with Gasteiger partial charge in [0.1, 0.15) is 11.5 Å². The number of halogens is 1. The van der Waals surface area contributed by atoms with Crippen LogP contribution in [0.15, 0.2) is 42.5 Å². The molecule has 0 atom stereocenters. The molecule has 0 unspecified atom stereocenters. The SMILES string of the molecule is CCCNCCCOc1ccc2cc3ccc(OCCCNCCC)cc3nc2c1.Cl.O. The Bertz CT molecular complexity index is 852. The molecule has 0 bridgehead atoms. The third-order valence-corrected chi connectivity index (χ3v) is 4.94. The van der Waals surface area contributed by atoms with Gasteiger partial charge in [-0.3, -0.25) is 0 Å². The maximum absolute atomic E-state index is 5.91. The number of benzene rings is 2. The molecule has 0 aliphatic rings. The van der Waals surface area contributed by atoms with Crippen LogP contribution in [0.25, 0.3) is 21.8 Å². The van der Waals surface area contributed by atoms with Crippen LogP contribution >= 0.6 is 12.4 Å². The lowest BCUT2D eigenvalue weighted by atomic mass is 10.1. The minimum atomic E-state index is 0. The number of hydrogen-bond acceptors (Lipinski definition) is 5. The smallest absolute Gasteiger partial charge is 0.121 e. The lowest BCUT2D eigenvalue weighted by Crippen LogP contribution is -2.18. The monoisotopic (exact) mass is 463 g/mol. The highest BCUT2D eigenvalue weighted by molar-refractivity contribution is 5.93. The molecule has 7 heteroatoms. The van der Waals surface area contributed by atoms with Crippen molar-refractivity contribution in [2.45, 2.75) is 39.5 Å². The summed E-state index contributed by atoms with van der Waals surface area (Å²) in [6, 6.07) is 14.5. The third-order valence-electron chi connectivity index (χ3n) is 4.94. The minimum Gasteiger partial charge on any atom is -0.493 e. The first-order valence-electron chi connectivity index (χ1n) is 11.3. The van der Waals surface area contributed by atoms with Crippen molar-refractivity contribution in [1.82, 2.24) is 15.6 Å². The Morgan fingerprint density at radius 3 is 1.59 bits per heavy atom. The molecule has 0 aliphatic carbocycles. The number of aromatic nitrogens is 1. The molecule has 0 spiro atoms. The Hall–Kier alpha value is -2.12. The molecule has 0 saturated heterocycles. The minimum absolute atomic E-state index is 0. The molecule has 6 nitrogen and oxygen atoms in total. The molecular weight excluding hydrogens is 426 g/mol. The summed E-state index contributed by atoms with van der Waals surface area (Å²) in [6.07, 6.45) is 4.32. The van der Waals surface area contributed by atoms with Crippen LogP contribution in [-0.4, -0.2) is 49.9 Å². The Labute approximate surface area is 197 Å². The molecule has 0 fully saturated rings. The zero-order valence-corrected chi connectivity index (χ0v) is 20.1. The van der Waals surface area contributed by atoms with Crippen molar-refractivity contribution in [3.05, 3.63) is 42.5 Å². The van der Waals surface area contributed by atoms with Crippen molar-refractivity contribution < 1.29 is 14.9 Å². The average Bonchev–Trinajstić information content (AvgIpc) is 2.77. The van der Waals surface area contributed by atoms with Crippen molar-refractivity contribution in [3.63, 3.8) is 0 Å². The maximum atomic E-state index is 5.91. The van der Waals surface area contributed by atoms with E-state index in [2.05, 4.69) is 42.7 Å². The third kappa shape index (κ3) is 8.79. The molecule has 1 aromatic heterocycles. The molecule has 0 aliphatic heterocycles. The van der Waals surface area contributed by atoms with Crippen LogP contribution in [0.5, 0.6) is 11.5 Å². The number of nitrogens with one attached hydrogen (secondary N) is 2. The van der Waals surface area contributed by atoms with Crippen LogP contribution in [0.2, 0.25) is 0 Å². The molecule has 0 saturated carbocycles. The topological polar surface area (TPSA) is 86.9 Å². The number of pyridine rings is 1. The summed E-state index contributed by atoms with van der Waals surface area (Å²) < 4.78 is 11.8. The van der Waals surface area contributed by atoms with Gasteiger partial charge in [0, 0.05) is 22.9 Å². The second-order valence-electron chi connectivity index (χ2n) is 7.60. The number of hydrogen-bond donors (Lipinski definition) is 2. The van der Waals surface area contributed by atoms with Crippen LogP contribution in [0.3, 0.4) is 0 Å². The Kier molecular flexibility index (Phi) is 13.6. The quantitative estimate of drug-likeness (QED) is 0.271. The van der Waals surface area contributed by atoms with Gasteiger partial charge in [-0.05, 0) is 82.2 Å². The van der Waals surface area contributed by atoms with Crippen molar-refractivity contribution in [3.8, 4) is 11.5 Å². The molecule has 32 heavy (non-hydrogen) atoms. The molecule has 178 valence electrons. The first kappa shape index (κ1) is 27.9. The van der Waals surface area contributed by atoms with E-state index in [1.54, 1.807) is 0 Å². The summed E-state index contributed by atoms with van der Waals surface area (Å²) in [7, 11) is 0. The summed E-state index contributed by atoms with van der Waals surface area (Å²) in [4.78, 5) is 4.85. The second-order valence-corrected chi connectivity index (χ2v) is 7.60. The van der Waals surface area contributed by atoms with E-state index < -0.39 is 0 Å². The zero-order valence-electron chi connectivity index (χ0n) is 19.3. The van der Waals surface area contributed by atoms with E-state index in [4.69, 9.17) is 14.5 Å². The number of rotatable bonds is 14. The predicted octanol–water partition coefficient (Wildman–Crippen LogP) is 4.52. The highest BCUT2D eigenvalue weighted by Gasteiger charge is 2.04. The standard InChI is InChI=1S/C25H35N3O2.ClH.H2O/c1-3-11-26-13-5-15-29-22-9-7-20-17-21-8-10-23(19-25(21)28-24(20)18-22)30-16-6-14-27-12-4-2;;/h7-10,17-19,26-27H,3-6,11-16H2,1-2H3;1H;1H2. The summed E-state index contributed by atoms with van der Waals surface area (Å²) in [5.74, 6) is 1.74. The summed E-state index contributed by atoms with van der Waals surface area (Å²) in [5.41, 5.74) is 1.90. The second kappa shape index (κ2) is 15.6. The fourth-order valence-electron chi connectivity index (χ4n) is 3.34. The maximum Gasteiger partial charge on any atom is 0.121 e. The van der Waals surface area contributed by atoms with E-state index in [0.29, 0.717) is 13.2 Å². The van der Waals surface area contributed by atoms with E-state index in [9.17, 15) is 0 Å². The van der Waals surface area contributed by atoms with E-state index in [1.807, 2.05) is 24.3 Å². The van der Waals surface area contributed by atoms with Gasteiger partial charge < -0.3 is 25.6 Å². The van der Waals surface area contributed by atoms with E-state index in [-0.39, 0.29) is 17.9 Å². The highest BCUT2D eigenvalue weighted by Crippen LogP contribution is 2.26. The van der Waals surface area contributed by atoms with Gasteiger partial charge in [0.15, 0.2) is 0 Å². The molecule has 1 heterocycles. The van der Waals surface area contributed by atoms with Crippen LogP contribution in [0.4, 0.5) is 0 Å². The molecular formula is C25H38ClN3O3. The predicted molar refractivity (Wildman–Crippen MR) is 137 cm³/mol. The van der Waals surface area contributed by atoms with Gasteiger partial charge in [0.25, 0.3) is 0 Å². The van der Waals surface area contributed by atoms with E-state index in [1.165, 1.54) is 0 Å². The largest absolute Gasteiger partial charge is 0.493 e. The Balaban J connectivity index is 0.00000256. The first-order valence-corrected chi connectivity index (χ1v) is 11.3. The van der Waals surface area contributed by atoms with Gasteiger partial charge in [0.2, 0.25) is 0 Å². The van der Waals surface area contributed by atoms with E-state index >= 15 is 0 Å². The zero-order chi connectivity index (χ0) is 21.0. The molecule has 3 aromatic rings. The van der Waals surface area contributed by atoms with Gasteiger partial charge in [-0.25, -0.2) is 4.98 Å². The average molecular weight is 464 g/mol. The summed E-state index contributed by atoms with van der Waals surface area (Å²) >= 11 is 0. The first-order chi connectivity index (χ1) is 14.8. The van der Waals surface area contributed by atoms with Crippen molar-refractivity contribution in [1.29, 1.82) is 0 Å². The molecule has 0 radical (unpaired) electrons. The normalized spacial score (nSPS) is 10.6. The van der Waals surface area contributed by atoms with Crippen LogP contribution < -0.4 is 20.1 Å². The lowest BCUT2D eigenvalue weighted by Gasteiger charge is -2.10. The molecule has 4 N–H and O–H groups in total. The number of fused-ring (bicyclic) bond motifs is 2.